The summed E-state index contributed by atoms with van der Waals surface area (Å²) in [6, 6.07) is 7.36. The van der Waals surface area contributed by atoms with Crippen molar-refractivity contribution in [2.45, 2.75) is 31.4 Å². The van der Waals surface area contributed by atoms with Gasteiger partial charge in [-0.15, -0.1) is 0 Å². The maximum Gasteiger partial charge on any atom is 0.350 e. The van der Waals surface area contributed by atoms with Gasteiger partial charge in [-0.2, -0.15) is 13.1 Å². The molecule has 0 saturated carbocycles. The summed E-state index contributed by atoms with van der Waals surface area (Å²) in [6.07, 6.45) is 1.77. The van der Waals surface area contributed by atoms with E-state index >= 15 is 0 Å². The number of para-hydroxylation sites is 1. The Morgan fingerprint density at radius 2 is 1.92 bits per heavy atom. The SMILES string of the molecule is Nc1ccccc1CCC(=O)NCC1CCN(S(=O)(=O)C(F)F)CC1. The van der Waals surface area contributed by atoms with E-state index in [1.807, 2.05) is 18.2 Å². The zero-order chi connectivity index (χ0) is 18.4. The number of halogens is 2. The quantitative estimate of drug-likeness (QED) is 0.708. The third-order valence-electron chi connectivity index (χ3n) is 4.42. The Morgan fingerprint density at radius 3 is 2.52 bits per heavy atom. The van der Waals surface area contributed by atoms with Gasteiger partial charge >= 0.3 is 5.76 Å². The molecule has 25 heavy (non-hydrogen) atoms. The third-order valence-corrected chi connectivity index (χ3v) is 5.96. The summed E-state index contributed by atoms with van der Waals surface area (Å²) in [5.41, 5.74) is 7.40. The molecular formula is C16H23F2N3O3S. The van der Waals surface area contributed by atoms with Gasteiger partial charge in [-0.05, 0) is 36.8 Å². The first-order chi connectivity index (χ1) is 11.8. The molecule has 0 radical (unpaired) electrons. The molecule has 0 aromatic heterocycles. The molecule has 0 aliphatic carbocycles. The Kier molecular flexibility index (Phi) is 6.71. The van der Waals surface area contributed by atoms with Crippen molar-refractivity contribution in [2.75, 3.05) is 25.4 Å². The fourth-order valence-corrected chi connectivity index (χ4v) is 3.78. The highest BCUT2D eigenvalue weighted by Gasteiger charge is 2.34. The molecule has 0 unspecified atom stereocenters. The molecule has 2 rings (SSSR count). The number of carbonyl (C=O) groups is 1. The average molecular weight is 375 g/mol. The zero-order valence-corrected chi connectivity index (χ0v) is 14.6. The highest BCUT2D eigenvalue weighted by molar-refractivity contribution is 7.89. The monoisotopic (exact) mass is 375 g/mol. The molecule has 1 aliphatic heterocycles. The molecule has 1 saturated heterocycles. The van der Waals surface area contributed by atoms with Crippen molar-refractivity contribution in [2.24, 2.45) is 5.92 Å². The second kappa shape index (κ2) is 8.57. The Morgan fingerprint density at radius 1 is 1.28 bits per heavy atom. The van der Waals surface area contributed by atoms with Crippen LogP contribution in [-0.4, -0.2) is 44.0 Å². The summed E-state index contributed by atoms with van der Waals surface area (Å²) in [4.78, 5) is 11.9. The lowest BCUT2D eigenvalue weighted by Crippen LogP contribution is -2.43. The first-order valence-electron chi connectivity index (χ1n) is 8.18. The van der Waals surface area contributed by atoms with Crippen LogP contribution in [-0.2, 0) is 21.2 Å². The van der Waals surface area contributed by atoms with Gasteiger partial charge in [-0.25, -0.2) is 8.42 Å². The zero-order valence-electron chi connectivity index (χ0n) is 13.8. The van der Waals surface area contributed by atoms with E-state index in [-0.39, 0.29) is 24.9 Å². The second-order valence-corrected chi connectivity index (χ2v) is 8.05. The van der Waals surface area contributed by atoms with Crippen LogP contribution in [0.15, 0.2) is 24.3 Å². The summed E-state index contributed by atoms with van der Waals surface area (Å²) >= 11 is 0. The standard InChI is InChI=1S/C16H23F2N3O3S/c17-16(18)25(23,24)21-9-7-12(8-10-21)11-20-15(22)6-5-13-3-1-2-4-14(13)19/h1-4,12,16H,5-11,19H2,(H,20,22). The molecule has 140 valence electrons. The van der Waals surface area contributed by atoms with Crippen LogP contribution in [0.4, 0.5) is 14.5 Å². The number of nitrogens with one attached hydrogen (secondary N) is 1. The Labute approximate surface area is 146 Å². The molecule has 1 amide bonds. The van der Waals surface area contributed by atoms with E-state index in [0.29, 0.717) is 37.9 Å². The number of nitrogens with two attached hydrogens (primary N) is 1. The molecule has 1 aliphatic rings. The second-order valence-electron chi connectivity index (χ2n) is 6.15. The fourth-order valence-electron chi connectivity index (χ4n) is 2.84. The van der Waals surface area contributed by atoms with Gasteiger partial charge in [0.2, 0.25) is 5.91 Å². The van der Waals surface area contributed by atoms with Gasteiger partial charge in [-0.3, -0.25) is 4.79 Å². The summed E-state index contributed by atoms with van der Waals surface area (Å²) in [6.45, 7) is 0.549. The lowest BCUT2D eigenvalue weighted by atomic mass is 9.98. The minimum absolute atomic E-state index is 0.0633. The maximum absolute atomic E-state index is 12.5. The molecule has 1 heterocycles. The van der Waals surface area contributed by atoms with Crippen molar-refractivity contribution in [3.05, 3.63) is 29.8 Å². The smallest absolute Gasteiger partial charge is 0.350 e. The Bertz CT molecular complexity index is 690. The van der Waals surface area contributed by atoms with Crippen LogP contribution >= 0.6 is 0 Å². The number of amides is 1. The number of rotatable bonds is 7. The van der Waals surface area contributed by atoms with Crippen molar-refractivity contribution < 1.29 is 22.0 Å². The molecule has 0 bridgehead atoms. The lowest BCUT2D eigenvalue weighted by Gasteiger charge is -2.30. The highest BCUT2D eigenvalue weighted by atomic mass is 32.2. The van der Waals surface area contributed by atoms with Gasteiger partial charge in [0.05, 0.1) is 0 Å². The largest absolute Gasteiger partial charge is 0.399 e. The minimum Gasteiger partial charge on any atom is -0.399 e. The predicted molar refractivity (Wildman–Crippen MR) is 91.4 cm³/mol. The van der Waals surface area contributed by atoms with Crippen LogP contribution in [0, 0.1) is 5.92 Å². The van der Waals surface area contributed by atoms with Crippen molar-refractivity contribution in [1.82, 2.24) is 9.62 Å². The van der Waals surface area contributed by atoms with Crippen LogP contribution in [0.3, 0.4) is 0 Å². The Hall–Kier alpha value is -1.74. The number of hydrogen-bond donors (Lipinski definition) is 2. The molecule has 3 N–H and O–H groups in total. The van der Waals surface area contributed by atoms with Crippen molar-refractivity contribution in [3.63, 3.8) is 0 Å². The van der Waals surface area contributed by atoms with Gasteiger partial charge in [0.1, 0.15) is 0 Å². The first kappa shape index (κ1) is 19.6. The number of carbonyl (C=O) groups excluding carboxylic acids is 1. The van der Waals surface area contributed by atoms with Crippen molar-refractivity contribution in [3.8, 4) is 0 Å². The van der Waals surface area contributed by atoms with Crippen LogP contribution in [0.2, 0.25) is 0 Å². The molecule has 1 aromatic rings. The molecule has 1 fully saturated rings. The summed E-state index contributed by atoms with van der Waals surface area (Å²) in [5, 5.41) is 2.82. The van der Waals surface area contributed by atoms with Crippen LogP contribution in [0.5, 0.6) is 0 Å². The maximum atomic E-state index is 12.5. The number of sulfonamides is 1. The summed E-state index contributed by atoms with van der Waals surface area (Å²) in [7, 11) is -4.50. The van der Waals surface area contributed by atoms with Crippen LogP contribution < -0.4 is 11.1 Å². The van der Waals surface area contributed by atoms with Crippen molar-refractivity contribution >= 4 is 21.6 Å². The lowest BCUT2D eigenvalue weighted by molar-refractivity contribution is -0.121. The molecule has 1 aromatic carbocycles. The van der Waals surface area contributed by atoms with E-state index < -0.39 is 15.8 Å². The minimum atomic E-state index is -4.50. The molecular weight excluding hydrogens is 352 g/mol. The van der Waals surface area contributed by atoms with E-state index in [1.165, 1.54) is 0 Å². The number of hydrogen-bond acceptors (Lipinski definition) is 4. The number of piperidine rings is 1. The van der Waals surface area contributed by atoms with Crippen LogP contribution in [0.25, 0.3) is 0 Å². The Balaban J connectivity index is 1.71. The number of benzene rings is 1. The van der Waals surface area contributed by atoms with Gasteiger partial charge in [-0.1, -0.05) is 18.2 Å². The fraction of sp³-hybridized carbons (Fsp3) is 0.562. The van der Waals surface area contributed by atoms with E-state index in [9.17, 15) is 22.0 Å². The number of aryl methyl sites for hydroxylation is 1. The number of nitrogen functional groups attached to an aromatic ring is 1. The first-order valence-corrected chi connectivity index (χ1v) is 9.68. The molecule has 0 atom stereocenters. The number of alkyl halides is 2. The van der Waals surface area contributed by atoms with Gasteiger partial charge < -0.3 is 11.1 Å². The summed E-state index contributed by atoms with van der Waals surface area (Å²) < 4.78 is 48.6. The highest BCUT2D eigenvalue weighted by Crippen LogP contribution is 2.22. The predicted octanol–water partition coefficient (Wildman–Crippen LogP) is 1.58. The summed E-state index contributed by atoms with van der Waals surface area (Å²) in [5.74, 6) is -3.39. The normalized spacial score (nSPS) is 16.9. The van der Waals surface area contributed by atoms with E-state index in [2.05, 4.69) is 5.32 Å². The third kappa shape index (κ3) is 5.37. The van der Waals surface area contributed by atoms with Gasteiger partial charge in [0.25, 0.3) is 10.0 Å². The molecule has 6 nitrogen and oxygen atoms in total. The number of nitrogens with zero attached hydrogens (tertiary/aromatic N) is 1. The van der Waals surface area contributed by atoms with Crippen LogP contribution in [0.1, 0.15) is 24.8 Å². The van der Waals surface area contributed by atoms with E-state index in [0.717, 1.165) is 9.87 Å². The number of anilines is 1. The van der Waals surface area contributed by atoms with Gasteiger partial charge in [0.15, 0.2) is 0 Å². The van der Waals surface area contributed by atoms with E-state index in [1.54, 1.807) is 6.07 Å². The van der Waals surface area contributed by atoms with E-state index in [4.69, 9.17) is 5.73 Å². The molecule has 0 spiro atoms. The van der Waals surface area contributed by atoms with Crippen molar-refractivity contribution in [1.29, 1.82) is 0 Å². The molecule has 9 heteroatoms. The topological polar surface area (TPSA) is 92.5 Å². The van der Waals surface area contributed by atoms with Gasteiger partial charge in [0, 0.05) is 31.7 Å². The average Bonchev–Trinajstić information content (AvgIpc) is 2.59.